The molecule has 1 atom stereocenters. The third-order valence-electron chi connectivity index (χ3n) is 7.28. The number of aliphatic carboxylic acids is 2. The summed E-state index contributed by atoms with van der Waals surface area (Å²) >= 11 is 0. The van der Waals surface area contributed by atoms with Crippen molar-refractivity contribution in [2.24, 2.45) is 5.92 Å². The number of aromatic nitrogens is 3. The van der Waals surface area contributed by atoms with E-state index in [1.54, 1.807) is 6.92 Å². The van der Waals surface area contributed by atoms with E-state index >= 15 is 0 Å². The number of pyridine rings is 1. The van der Waals surface area contributed by atoms with E-state index in [0.717, 1.165) is 50.2 Å². The quantitative estimate of drug-likeness (QED) is 0.392. The molecule has 0 aromatic carbocycles. The molecule has 1 aliphatic carbocycles. The Balaban J connectivity index is 1.39. The zero-order valence-corrected chi connectivity index (χ0v) is 21.9. The zero-order chi connectivity index (χ0) is 27.2. The van der Waals surface area contributed by atoms with Gasteiger partial charge in [-0.15, -0.1) is 0 Å². The minimum atomic E-state index is -1.30. The maximum Gasteiger partial charge on any atom is 0.341 e. The Morgan fingerprint density at radius 1 is 1.08 bits per heavy atom. The number of rotatable bonds is 10. The number of carboxylic acid groups (broad SMARTS) is 2. The first-order valence-electron chi connectivity index (χ1n) is 13.1. The Bertz CT molecular complexity index is 1190. The molecule has 4 rings (SSSR count). The second-order valence-electron chi connectivity index (χ2n) is 10.1. The Hall–Kier alpha value is -3.76. The van der Waals surface area contributed by atoms with E-state index in [-0.39, 0.29) is 6.54 Å². The van der Waals surface area contributed by atoms with Crippen LogP contribution in [0.15, 0.2) is 12.1 Å². The van der Waals surface area contributed by atoms with Crippen LogP contribution in [0.5, 0.6) is 0 Å². The molecule has 2 aromatic heterocycles. The number of nitrogens with zero attached hydrogens (tertiary/aromatic N) is 4. The molecule has 0 amide bonds. The summed E-state index contributed by atoms with van der Waals surface area (Å²) < 4.78 is 4.58. The molecular weight excluding hydrogens is 490 g/mol. The maximum absolute atomic E-state index is 11.8. The molecule has 1 aliphatic heterocycles. The summed E-state index contributed by atoms with van der Waals surface area (Å²) in [5.41, 5.74) is 4.65. The highest BCUT2D eigenvalue weighted by Gasteiger charge is 2.27. The molecule has 3 heterocycles. The molecule has 0 unspecified atom stereocenters. The highest BCUT2D eigenvalue weighted by Crippen LogP contribution is 2.33. The molecule has 2 aromatic rings. The van der Waals surface area contributed by atoms with Gasteiger partial charge in [0, 0.05) is 42.5 Å². The smallest absolute Gasteiger partial charge is 0.341 e. The molecule has 1 saturated heterocycles. The van der Waals surface area contributed by atoms with E-state index in [9.17, 15) is 19.5 Å². The molecule has 38 heavy (non-hydrogen) atoms. The minimum absolute atomic E-state index is 0.0691. The van der Waals surface area contributed by atoms with Crippen molar-refractivity contribution < 1.29 is 29.3 Å². The Morgan fingerprint density at radius 3 is 2.53 bits per heavy atom. The topological polar surface area (TPSA) is 155 Å². The summed E-state index contributed by atoms with van der Waals surface area (Å²) in [6.45, 7) is 4.47. The van der Waals surface area contributed by atoms with Gasteiger partial charge in [-0.3, -0.25) is 14.6 Å². The van der Waals surface area contributed by atoms with Crippen molar-refractivity contribution in [3.05, 3.63) is 40.5 Å². The van der Waals surface area contributed by atoms with Crippen LogP contribution in [0.4, 0.5) is 11.6 Å². The van der Waals surface area contributed by atoms with Gasteiger partial charge in [0.2, 0.25) is 0 Å². The van der Waals surface area contributed by atoms with Crippen LogP contribution in [0, 0.1) is 19.8 Å². The minimum Gasteiger partial charge on any atom is -0.481 e. The lowest BCUT2D eigenvalue weighted by molar-refractivity contribution is -0.157. The summed E-state index contributed by atoms with van der Waals surface area (Å²) in [4.78, 5) is 50.5. The molecule has 2 aliphatic rings. The van der Waals surface area contributed by atoms with Crippen LogP contribution in [0.2, 0.25) is 0 Å². The van der Waals surface area contributed by atoms with Gasteiger partial charge in [0.05, 0.1) is 12.3 Å². The molecule has 3 N–H and O–H groups in total. The third-order valence-corrected chi connectivity index (χ3v) is 7.28. The lowest BCUT2D eigenvalue weighted by Crippen LogP contribution is -2.35. The molecule has 0 bridgehead atoms. The van der Waals surface area contributed by atoms with Crippen LogP contribution >= 0.6 is 0 Å². The van der Waals surface area contributed by atoms with Gasteiger partial charge >= 0.3 is 17.9 Å². The van der Waals surface area contributed by atoms with Gasteiger partial charge in [0.25, 0.3) is 0 Å². The number of carboxylic acids is 2. The van der Waals surface area contributed by atoms with Crippen LogP contribution in [-0.2, 0) is 32.0 Å². The maximum atomic E-state index is 11.8. The SMILES string of the molecule is Cc1nc(NC[C@H](CC(=O)OCC(=O)O)C(=O)O)c(C)c(N2CCC(c3ccc4c(n3)CCCC4)CC2)n1. The van der Waals surface area contributed by atoms with E-state index in [1.165, 1.54) is 29.8 Å². The fourth-order valence-corrected chi connectivity index (χ4v) is 5.18. The number of nitrogens with one attached hydrogen (secondary N) is 1. The van der Waals surface area contributed by atoms with Gasteiger partial charge in [-0.05, 0) is 64.0 Å². The largest absolute Gasteiger partial charge is 0.481 e. The summed E-state index contributed by atoms with van der Waals surface area (Å²) in [6.07, 6.45) is 6.15. The fourth-order valence-electron chi connectivity index (χ4n) is 5.18. The lowest BCUT2D eigenvalue weighted by atomic mass is 9.90. The molecule has 0 radical (unpaired) electrons. The van der Waals surface area contributed by atoms with Crippen LogP contribution in [0.1, 0.15) is 66.4 Å². The van der Waals surface area contributed by atoms with Crippen molar-refractivity contribution in [3.63, 3.8) is 0 Å². The van der Waals surface area contributed by atoms with Gasteiger partial charge in [0.1, 0.15) is 17.5 Å². The lowest BCUT2D eigenvalue weighted by Gasteiger charge is -2.34. The van der Waals surface area contributed by atoms with Gasteiger partial charge in [-0.1, -0.05) is 6.07 Å². The molecule has 11 nitrogen and oxygen atoms in total. The molecule has 0 saturated carbocycles. The second kappa shape index (κ2) is 12.2. The number of anilines is 2. The van der Waals surface area contributed by atoms with Gasteiger partial charge < -0.3 is 25.2 Å². The van der Waals surface area contributed by atoms with Crippen LogP contribution in [0.3, 0.4) is 0 Å². The number of hydrogen-bond acceptors (Lipinski definition) is 9. The van der Waals surface area contributed by atoms with Gasteiger partial charge in [-0.25, -0.2) is 14.8 Å². The number of fused-ring (bicyclic) bond motifs is 1. The normalized spacial score (nSPS) is 16.4. The Morgan fingerprint density at radius 2 is 1.82 bits per heavy atom. The Kier molecular flexibility index (Phi) is 8.75. The van der Waals surface area contributed by atoms with E-state index in [2.05, 4.69) is 37.1 Å². The number of hydrogen-bond donors (Lipinski definition) is 3. The monoisotopic (exact) mass is 525 g/mol. The van der Waals surface area contributed by atoms with E-state index in [0.29, 0.717) is 17.6 Å². The number of carbonyl (C=O) groups excluding carboxylic acids is 1. The van der Waals surface area contributed by atoms with Crippen molar-refractivity contribution in [2.45, 2.75) is 64.7 Å². The van der Waals surface area contributed by atoms with Crippen LogP contribution in [-0.4, -0.2) is 69.3 Å². The van der Waals surface area contributed by atoms with Crippen molar-refractivity contribution in [3.8, 4) is 0 Å². The first-order chi connectivity index (χ1) is 18.2. The summed E-state index contributed by atoms with van der Waals surface area (Å²) in [7, 11) is 0. The summed E-state index contributed by atoms with van der Waals surface area (Å²) in [6, 6.07) is 4.46. The number of esters is 1. The summed E-state index contributed by atoms with van der Waals surface area (Å²) in [5, 5.41) is 21.2. The third kappa shape index (κ3) is 6.76. The van der Waals surface area contributed by atoms with Crippen molar-refractivity contribution >= 4 is 29.5 Å². The number of carbonyl (C=O) groups is 3. The van der Waals surface area contributed by atoms with Crippen molar-refractivity contribution in [2.75, 3.05) is 36.5 Å². The Labute approximate surface area is 221 Å². The number of aryl methyl sites for hydroxylation is 3. The molecule has 0 spiro atoms. The first-order valence-corrected chi connectivity index (χ1v) is 13.1. The molecular formula is C27H35N5O6. The van der Waals surface area contributed by atoms with Gasteiger partial charge in [-0.2, -0.15) is 0 Å². The van der Waals surface area contributed by atoms with Crippen molar-refractivity contribution in [1.82, 2.24) is 15.0 Å². The van der Waals surface area contributed by atoms with Crippen LogP contribution in [0.25, 0.3) is 0 Å². The van der Waals surface area contributed by atoms with Crippen LogP contribution < -0.4 is 10.2 Å². The second-order valence-corrected chi connectivity index (χ2v) is 10.1. The zero-order valence-electron chi connectivity index (χ0n) is 21.9. The van der Waals surface area contributed by atoms with E-state index < -0.39 is 36.9 Å². The average molecular weight is 526 g/mol. The highest BCUT2D eigenvalue weighted by atomic mass is 16.5. The molecule has 11 heteroatoms. The summed E-state index contributed by atoms with van der Waals surface area (Å²) in [5.74, 6) is -2.18. The molecule has 1 fully saturated rings. The predicted molar refractivity (Wildman–Crippen MR) is 139 cm³/mol. The fraction of sp³-hybridized carbons (Fsp3) is 0.556. The van der Waals surface area contributed by atoms with Crippen molar-refractivity contribution in [1.29, 1.82) is 0 Å². The highest BCUT2D eigenvalue weighted by molar-refractivity contribution is 5.81. The van der Waals surface area contributed by atoms with E-state index in [1.807, 2.05) is 6.92 Å². The van der Waals surface area contributed by atoms with Gasteiger partial charge in [0.15, 0.2) is 6.61 Å². The number of piperidine rings is 1. The standard InChI is InChI=1S/C27H35N5O6/c1-16-25(28-14-20(27(36)37)13-24(35)38-15-23(33)34)29-17(2)30-26(16)32-11-9-19(10-12-32)22-8-7-18-5-3-4-6-21(18)31-22/h7-8,19-20H,3-6,9-15H2,1-2H3,(H,33,34)(H,36,37)(H,28,29,30)/t20-/m0/s1. The molecule has 204 valence electrons. The predicted octanol–water partition coefficient (Wildman–Crippen LogP) is 2.88. The van der Waals surface area contributed by atoms with E-state index in [4.69, 9.17) is 10.1 Å². The average Bonchev–Trinajstić information content (AvgIpc) is 2.91. The number of ether oxygens (including phenoxy) is 1. The first kappa shape index (κ1) is 27.3.